The maximum Gasteiger partial charge on any atom is 0.161 e. The van der Waals surface area contributed by atoms with Gasteiger partial charge in [-0.15, -0.1) is 0 Å². The molecule has 2 rings (SSSR count). The van der Waals surface area contributed by atoms with Crippen LogP contribution in [0.5, 0.6) is 11.5 Å². The summed E-state index contributed by atoms with van der Waals surface area (Å²) in [6.07, 6.45) is 0. The van der Waals surface area contributed by atoms with Crippen LogP contribution in [0, 0.1) is 0 Å². The largest absolute Gasteiger partial charge is 0.493 e. The van der Waals surface area contributed by atoms with Gasteiger partial charge in [0.15, 0.2) is 11.5 Å². The van der Waals surface area contributed by atoms with E-state index in [0.717, 1.165) is 28.6 Å². The van der Waals surface area contributed by atoms with Gasteiger partial charge in [0.1, 0.15) is 0 Å². The van der Waals surface area contributed by atoms with Crippen LogP contribution in [-0.2, 0) is 6.54 Å². The van der Waals surface area contributed by atoms with Crippen molar-refractivity contribution in [1.82, 2.24) is 5.32 Å². The van der Waals surface area contributed by atoms with E-state index in [1.54, 1.807) is 14.2 Å². The Morgan fingerprint density at radius 3 is 2.29 bits per heavy atom. The Morgan fingerprint density at radius 1 is 1.00 bits per heavy atom. The fourth-order valence-corrected chi connectivity index (χ4v) is 2.26. The lowest BCUT2D eigenvalue weighted by Crippen LogP contribution is -2.18. The first kappa shape index (κ1) is 15.7. The lowest BCUT2D eigenvalue weighted by molar-refractivity contribution is 0.354. The highest BCUT2D eigenvalue weighted by atomic mass is 35.5. The molecule has 0 saturated heterocycles. The fourth-order valence-electron chi connectivity index (χ4n) is 2.13. The third-order valence-electron chi connectivity index (χ3n) is 3.43. The molecule has 0 spiro atoms. The van der Waals surface area contributed by atoms with Gasteiger partial charge in [0.2, 0.25) is 0 Å². The highest BCUT2D eigenvalue weighted by Crippen LogP contribution is 2.27. The van der Waals surface area contributed by atoms with Crippen LogP contribution >= 0.6 is 11.6 Å². The molecule has 112 valence electrons. The molecule has 0 aromatic heterocycles. The van der Waals surface area contributed by atoms with Crippen molar-refractivity contribution >= 4 is 11.6 Å². The molecule has 0 aliphatic rings. The standard InChI is InChI=1S/C17H20ClNO2/c1-12(14-5-7-15(18)8-6-14)19-11-13-4-9-16(20-2)17(10-13)21-3/h4-10,12,19H,11H2,1-3H3/t12-/m0/s1. The number of methoxy groups -OCH3 is 2. The molecule has 4 heteroatoms. The SMILES string of the molecule is COc1ccc(CN[C@@H](C)c2ccc(Cl)cc2)cc1OC. The molecule has 0 bridgehead atoms. The summed E-state index contributed by atoms with van der Waals surface area (Å²) < 4.78 is 10.6. The minimum absolute atomic E-state index is 0.246. The van der Waals surface area contributed by atoms with Gasteiger partial charge in [-0.2, -0.15) is 0 Å². The number of nitrogens with one attached hydrogen (secondary N) is 1. The van der Waals surface area contributed by atoms with E-state index in [9.17, 15) is 0 Å². The molecule has 2 aromatic rings. The quantitative estimate of drug-likeness (QED) is 0.867. The zero-order valence-electron chi connectivity index (χ0n) is 12.5. The van der Waals surface area contributed by atoms with Gasteiger partial charge in [-0.1, -0.05) is 29.8 Å². The number of benzene rings is 2. The van der Waals surface area contributed by atoms with Crippen LogP contribution in [-0.4, -0.2) is 14.2 Å². The van der Waals surface area contributed by atoms with Crippen LogP contribution < -0.4 is 14.8 Å². The van der Waals surface area contributed by atoms with Crippen LogP contribution in [0.15, 0.2) is 42.5 Å². The maximum absolute atomic E-state index is 5.91. The molecule has 21 heavy (non-hydrogen) atoms. The van der Waals surface area contributed by atoms with E-state index in [1.165, 1.54) is 5.56 Å². The number of ether oxygens (including phenoxy) is 2. The molecule has 0 amide bonds. The zero-order valence-corrected chi connectivity index (χ0v) is 13.3. The van der Waals surface area contributed by atoms with E-state index in [2.05, 4.69) is 12.2 Å². The summed E-state index contributed by atoms with van der Waals surface area (Å²) in [6, 6.07) is 14.1. The molecule has 0 radical (unpaired) electrons. The summed E-state index contributed by atoms with van der Waals surface area (Å²) in [7, 11) is 3.28. The minimum atomic E-state index is 0.246. The van der Waals surface area contributed by atoms with E-state index in [4.69, 9.17) is 21.1 Å². The zero-order chi connectivity index (χ0) is 15.2. The van der Waals surface area contributed by atoms with Gasteiger partial charge in [0.05, 0.1) is 14.2 Å². The van der Waals surface area contributed by atoms with Crippen molar-refractivity contribution in [2.24, 2.45) is 0 Å². The number of rotatable bonds is 6. The first-order valence-electron chi connectivity index (χ1n) is 6.83. The summed E-state index contributed by atoms with van der Waals surface area (Å²) in [4.78, 5) is 0. The highest BCUT2D eigenvalue weighted by molar-refractivity contribution is 6.30. The van der Waals surface area contributed by atoms with Crippen LogP contribution in [0.25, 0.3) is 0 Å². The Labute approximate surface area is 130 Å². The van der Waals surface area contributed by atoms with Crippen molar-refractivity contribution in [2.75, 3.05) is 14.2 Å². The average molecular weight is 306 g/mol. The minimum Gasteiger partial charge on any atom is -0.493 e. The molecular formula is C17H20ClNO2. The molecular weight excluding hydrogens is 286 g/mol. The van der Waals surface area contributed by atoms with E-state index in [1.807, 2.05) is 42.5 Å². The van der Waals surface area contributed by atoms with E-state index >= 15 is 0 Å². The third kappa shape index (κ3) is 4.13. The van der Waals surface area contributed by atoms with Crippen molar-refractivity contribution in [3.05, 3.63) is 58.6 Å². The summed E-state index contributed by atoms with van der Waals surface area (Å²) in [5, 5.41) is 4.24. The first-order valence-corrected chi connectivity index (χ1v) is 7.21. The summed E-state index contributed by atoms with van der Waals surface area (Å²) in [5.41, 5.74) is 2.35. The second-order valence-corrected chi connectivity index (χ2v) is 5.28. The number of hydrogen-bond acceptors (Lipinski definition) is 3. The number of halogens is 1. The van der Waals surface area contributed by atoms with Crippen molar-refractivity contribution in [3.8, 4) is 11.5 Å². The normalized spacial score (nSPS) is 12.0. The number of hydrogen-bond donors (Lipinski definition) is 1. The molecule has 0 fully saturated rings. The molecule has 2 aromatic carbocycles. The fraction of sp³-hybridized carbons (Fsp3) is 0.294. The molecule has 1 N–H and O–H groups in total. The van der Waals surface area contributed by atoms with Gasteiger partial charge in [0, 0.05) is 17.6 Å². The Bertz CT molecular complexity index is 584. The molecule has 3 nitrogen and oxygen atoms in total. The smallest absolute Gasteiger partial charge is 0.161 e. The molecule has 0 heterocycles. The molecule has 1 atom stereocenters. The second-order valence-electron chi connectivity index (χ2n) is 4.84. The van der Waals surface area contributed by atoms with Crippen molar-refractivity contribution in [2.45, 2.75) is 19.5 Å². The van der Waals surface area contributed by atoms with Gasteiger partial charge < -0.3 is 14.8 Å². The van der Waals surface area contributed by atoms with Crippen molar-refractivity contribution < 1.29 is 9.47 Å². The van der Waals surface area contributed by atoms with Crippen LogP contribution in [0.3, 0.4) is 0 Å². The Hall–Kier alpha value is -1.71. The maximum atomic E-state index is 5.91. The van der Waals surface area contributed by atoms with Crippen LogP contribution in [0.1, 0.15) is 24.1 Å². The van der Waals surface area contributed by atoms with Crippen LogP contribution in [0.4, 0.5) is 0 Å². The van der Waals surface area contributed by atoms with Crippen LogP contribution in [0.2, 0.25) is 5.02 Å². The molecule has 0 unspecified atom stereocenters. The summed E-state index contributed by atoms with van der Waals surface area (Å²) in [6.45, 7) is 2.88. The van der Waals surface area contributed by atoms with Gasteiger partial charge in [0.25, 0.3) is 0 Å². The lowest BCUT2D eigenvalue weighted by Gasteiger charge is -2.15. The van der Waals surface area contributed by atoms with Gasteiger partial charge in [-0.05, 0) is 42.3 Å². The van der Waals surface area contributed by atoms with Gasteiger partial charge in [-0.25, -0.2) is 0 Å². The summed E-state index contributed by atoms with van der Waals surface area (Å²) >= 11 is 5.91. The predicted molar refractivity (Wildman–Crippen MR) is 86.3 cm³/mol. The van der Waals surface area contributed by atoms with Crippen molar-refractivity contribution in [3.63, 3.8) is 0 Å². The van der Waals surface area contributed by atoms with E-state index in [0.29, 0.717) is 0 Å². The Kier molecular flexibility index (Phi) is 5.48. The second kappa shape index (κ2) is 7.34. The average Bonchev–Trinajstić information content (AvgIpc) is 2.52. The first-order chi connectivity index (χ1) is 10.1. The Morgan fingerprint density at radius 2 is 1.67 bits per heavy atom. The molecule has 0 aliphatic carbocycles. The monoisotopic (exact) mass is 305 g/mol. The Balaban J connectivity index is 2.00. The van der Waals surface area contributed by atoms with E-state index in [-0.39, 0.29) is 6.04 Å². The predicted octanol–water partition coefficient (Wildman–Crippen LogP) is 4.21. The van der Waals surface area contributed by atoms with Crippen molar-refractivity contribution in [1.29, 1.82) is 0 Å². The van der Waals surface area contributed by atoms with Gasteiger partial charge >= 0.3 is 0 Å². The molecule has 0 saturated carbocycles. The topological polar surface area (TPSA) is 30.5 Å². The molecule has 0 aliphatic heterocycles. The highest BCUT2D eigenvalue weighted by Gasteiger charge is 2.07. The van der Waals surface area contributed by atoms with Gasteiger partial charge in [-0.3, -0.25) is 0 Å². The third-order valence-corrected chi connectivity index (χ3v) is 3.68. The summed E-state index contributed by atoms with van der Waals surface area (Å²) in [5.74, 6) is 1.49. The lowest BCUT2D eigenvalue weighted by atomic mass is 10.1. The van der Waals surface area contributed by atoms with E-state index < -0.39 is 0 Å².